The van der Waals surface area contributed by atoms with Crippen LogP contribution in [0.15, 0.2) is 30.6 Å². The summed E-state index contributed by atoms with van der Waals surface area (Å²) in [6.45, 7) is 2.53. The van der Waals surface area contributed by atoms with Gasteiger partial charge in [-0.1, -0.05) is 11.3 Å². The van der Waals surface area contributed by atoms with Crippen molar-refractivity contribution in [3.8, 4) is 0 Å². The highest BCUT2D eigenvalue weighted by molar-refractivity contribution is 5.95. The topological polar surface area (TPSA) is 109 Å². The van der Waals surface area contributed by atoms with Gasteiger partial charge in [0.15, 0.2) is 0 Å². The summed E-state index contributed by atoms with van der Waals surface area (Å²) in [6.07, 6.45) is 3.25. The van der Waals surface area contributed by atoms with Crippen LogP contribution in [0.1, 0.15) is 15.9 Å². The van der Waals surface area contributed by atoms with Crippen LogP contribution in [0.3, 0.4) is 0 Å². The predicted molar refractivity (Wildman–Crippen MR) is 75.2 cm³/mol. The number of rotatable bonds is 5. The highest BCUT2D eigenvalue weighted by Crippen LogP contribution is 2.18. The molecule has 0 aliphatic carbocycles. The number of aromatic carboxylic acids is 1. The van der Waals surface area contributed by atoms with Gasteiger partial charge in [-0.25, -0.2) is 9.59 Å². The Labute approximate surface area is 120 Å². The van der Waals surface area contributed by atoms with Crippen LogP contribution in [-0.4, -0.2) is 38.6 Å². The van der Waals surface area contributed by atoms with Crippen LogP contribution in [-0.2, 0) is 6.54 Å². The fourth-order valence-corrected chi connectivity index (χ4v) is 1.81. The number of nitrogens with zero attached hydrogens (tertiary/aromatic N) is 3. The van der Waals surface area contributed by atoms with Crippen LogP contribution >= 0.6 is 0 Å². The number of hydrogen-bond acceptors (Lipinski definition) is 4. The second-order valence-electron chi connectivity index (χ2n) is 4.33. The minimum atomic E-state index is -1.03. The Morgan fingerprint density at radius 1 is 1.38 bits per heavy atom. The van der Waals surface area contributed by atoms with Crippen molar-refractivity contribution in [1.82, 2.24) is 20.3 Å². The lowest BCUT2D eigenvalue weighted by atomic mass is 10.1. The van der Waals surface area contributed by atoms with Crippen molar-refractivity contribution in [3.05, 3.63) is 41.7 Å². The molecule has 0 fully saturated rings. The van der Waals surface area contributed by atoms with Crippen molar-refractivity contribution in [3.63, 3.8) is 0 Å². The second kappa shape index (κ2) is 6.51. The lowest BCUT2D eigenvalue weighted by molar-refractivity contribution is 0.0696. The zero-order valence-corrected chi connectivity index (χ0v) is 11.4. The molecule has 0 radical (unpaired) electrons. The molecule has 2 amide bonds. The molecule has 3 N–H and O–H groups in total. The molecular formula is C13H15N5O3. The van der Waals surface area contributed by atoms with Crippen LogP contribution in [0.25, 0.3) is 0 Å². The molecule has 1 aromatic heterocycles. The summed E-state index contributed by atoms with van der Waals surface area (Å²) in [5.74, 6) is -1.03. The molecule has 0 unspecified atom stereocenters. The molecule has 0 bridgehead atoms. The van der Waals surface area contributed by atoms with Crippen molar-refractivity contribution >= 4 is 17.7 Å². The first kappa shape index (κ1) is 14.5. The van der Waals surface area contributed by atoms with Gasteiger partial charge in [-0.2, -0.15) is 0 Å². The number of carbonyl (C=O) groups is 2. The van der Waals surface area contributed by atoms with Gasteiger partial charge in [-0.15, -0.1) is 5.10 Å². The zero-order chi connectivity index (χ0) is 15.2. The Kier molecular flexibility index (Phi) is 4.50. The summed E-state index contributed by atoms with van der Waals surface area (Å²) in [7, 11) is 0. The van der Waals surface area contributed by atoms with Crippen LogP contribution in [0, 0.1) is 6.92 Å². The first-order valence-corrected chi connectivity index (χ1v) is 6.30. The molecule has 1 aromatic carbocycles. The lowest BCUT2D eigenvalue weighted by Crippen LogP contribution is -2.32. The van der Waals surface area contributed by atoms with Gasteiger partial charge in [0.05, 0.1) is 18.3 Å². The van der Waals surface area contributed by atoms with E-state index in [0.29, 0.717) is 24.3 Å². The second-order valence-corrected chi connectivity index (χ2v) is 4.33. The SMILES string of the molecule is Cc1c(NC(=O)NCCn2ccnn2)cccc1C(=O)O. The Morgan fingerprint density at radius 3 is 2.86 bits per heavy atom. The number of urea groups is 1. The average molecular weight is 289 g/mol. The van der Waals surface area contributed by atoms with E-state index in [9.17, 15) is 9.59 Å². The third kappa shape index (κ3) is 3.78. The number of benzene rings is 1. The Morgan fingerprint density at radius 2 is 2.19 bits per heavy atom. The molecule has 1 heterocycles. The Balaban J connectivity index is 1.90. The molecule has 0 spiro atoms. The van der Waals surface area contributed by atoms with Gasteiger partial charge in [0.2, 0.25) is 0 Å². The maximum absolute atomic E-state index is 11.8. The van der Waals surface area contributed by atoms with Gasteiger partial charge in [0.25, 0.3) is 0 Å². The molecule has 0 saturated heterocycles. The van der Waals surface area contributed by atoms with E-state index < -0.39 is 12.0 Å². The van der Waals surface area contributed by atoms with E-state index >= 15 is 0 Å². The first-order valence-electron chi connectivity index (χ1n) is 6.30. The molecule has 0 aliphatic rings. The number of amides is 2. The van der Waals surface area contributed by atoms with E-state index in [1.807, 2.05) is 0 Å². The molecule has 2 aromatic rings. The van der Waals surface area contributed by atoms with Crippen LogP contribution < -0.4 is 10.6 Å². The van der Waals surface area contributed by atoms with Gasteiger partial charge in [0.1, 0.15) is 0 Å². The van der Waals surface area contributed by atoms with Gasteiger partial charge in [-0.3, -0.25) is 4.68 Å². The van der Waals surface area contributed by atoms with Crippen LogP contribution in [0.5, 0.6) is 0 Å². The maximum atomic E-state index is 11.8. The normalized spacial score (nSPS) is 10.1. The summed E-state index contributed by atoms with van der Waals surface area (Å²) in [5.41, 5.74) is 1.14. The molecular weight excluding hydrogens is 274 g/mol. The monoisotopic (exact) mass is 289 g/mol. The number of hydrogen-bond donors (Lipinski definition) is 3. The minimum absolute atomic E-state index is 0.162. The lowest BCUT2D eigenvalue weighted by Gasteiger charge is -2.11. The number of anilines is 1. The minimum Gasteiger partial charge on any atom is -0.478 e. The highest BCUT2D eigenvalue weighted by atomic mass is 16.4. The first-order chi connectivity index (χ1) is 10.1. The quantitative estimate of drug-likeness (QED) is 0.763. The van der Waals surface area contributed by atoms with Crippen LogP contribution in [0.2, 0.25) is 0 Å². The Hall–Kier alpha value is -2.90. The number of carboxylic acid groups (broad SMARTS) is 1. The molecule has 8 nitrogen and oxygen atoms in total. The fraction of sp³-hybridized carbons (Fsp3) is 0.231. The summed E-state index contributed by atoms with van der Waals surface area (Å²) in [5, 5.41) is 21.7. The van der Waals surface area contributed by atoms with Crippen molar-refractivity contribution in [2.75, 3.05) is 11.9 Å². The molecule has 110 valence electrons. The van der Waals surface area contributed by atoms with E-state index in [1.165, 1.54) is 6.07 Å². The molecule has 8 heteroatoms. The maximum Gasteiger partial charge on any atom is 0.336 e. The van der Waals surface area contributed by atoms with Gasteiger partial charge in [-0.05, 0) is 24.6 Å². The van der Waals surface area contributed by atoms with E-state index in [4.69, 9.17) is 5.11 Å². The number of carbonyl (C=O) groups excluding carboxylic acids is 1. The predicted octanol–water partition coefficient (Wildman–Crippen LogP) is 1.11. The molecule has 0 aliphatic heterocycles. The Bertz CT molecular complexity index is 639. The summed E-state index contributed by atoms with van der Waals surface area (Å²) in [4.78, 5) is 22.8. The standard InChI is InChI=1S/C13H15N5O3/c1-9-10(12(19)20)3-2-4-11(9)16-13(21)14-5-7-18-8-6-15-17-18/h2-4,6,8H,5,7H2,1H3,(H,19,20)(H2,14,16,21). The molecule has 0 atom stereocenters. The van der Waals surface area contributed by atoms with E-state index in [-0.39, 0.29) is 5.56 Å². The van der Waals surface area contributed by atoms with E-state index in [2.05, 4.69) is 20.9 Å². The smallest absolute Gasteiger partial charge is 0.336 e. The van der Waals surface area contributed by atoms with Crippen molar-refractivity contribution in [2.24, 2.45) is 0 Å². The summed E-state index contributed by atoms with van der Waals surface area (Å²) in [6, 6.07) is 4.33. The van der Waals surface area contributed by atoms with Crippen molar-refractivity contribution < 1.29 is 14.7 Å². The van der Waals surface area contributed by atoms with E-state index in [1.54, 1.807) is 36.1 Å². The zero-order valence-electron chi connectivity index (χ0n) is 11.4. The van der Waals surface area contributed by atoms with Crippen molar-refractivity contribution in [2.45, 2.75) is 13.5 Å². The van der Waals surface area contributed by atoms with Crippen LogP contribution in [0.4, 0.5) is 10.5 Å². The fourth-order valence-electron chi connectivity index (χ4n) is 1.81. The largest absolute Gasteiger partial charge is 0.478 e. The molecule has 0 saturated carbocycles. The third-order valence-corrected chi connectivity index (χ3v) is 2.91. The third-order valence-electron chi connectivity index (χ3n) is 2.91. The summed E-state index contributed by atoms with van der Waals surface area (Å²) < 4.78 is 1.59. The number of aromatic nitrogens is 3. The van der Waals surface area contributed by atoms with Crippen molar-refractivity contribution in [1.29, 1.82) is 0 Å². The van der Waals surface area contributed by atoms with E-state index in [0.717, 1.165) is 0 Å². The van der Waals surface area contributed by atoms with Gasteiger partial charge >= 0.3 is 12.0 Å². The number of carboxylic acids is 1. The van der Waals surface area contributed by atoms with Gasteiger partial charge in [0, 0.05) is 18.4 Å². The average Bonchev–Trinajstić information content (AvgIpc) is 2.94. The molecule has 2 rings (SSSR count). The number of nitrogens with one attached hydrogen (secondary N) is 2. The molecule has 21 heavy (non-hydrogen) atoms. The highest BCUT2D eigenvalue weighted by Gasteiger charge is 2.11. The summed E-state index contributed by atoms with van der Waals surface area (Å²) >= 11 is 0. The van der Waals surface area contributed by atoms with Gasteiger partial charge < -0.3 is 15.7 Å².